The van der Waals surface area contributed by atoms with Crippen molar-refractivity contribution in [3.8, 4) is 11.8 Å². The number of nitrogens with zero attached hydrogens (tertiary/aromatic N) is 2. The molecule has 0 fully saturated rings. The number of hydrogen-bond donors (Lipinski definition) is 0. The summed E-state index contributed by atoms with van der Waals surface area (Å²) in [6.07, 6.45) is -5.41. The maximum atomic E-state index is 13.2. The Morgan fingerprint density at radius 2 is 1.68 bits per heavy atom. The maximum Gasteiger partial charge on any atom is 0.501 e. The number of ether oxygens (including phenoxy) is 1. The zero-order valence-electron chi connectivity index (χ0n) is 17.2. The summed E-state index contributed by atoms with van der Waals surface area (Å²) in [5, 5.41) is 8.91. The fourth-order valence-electron chi connectivity index (χ4n) is 2.70. The Morgan fingerprint density at radius 1 is 1.09 bits per heavy atom. The minimum atomic E-state index is -5.61. The van der Waals surface area contributed by atoms with Crippen LogP contribution in [0.25, 0.3) is 4.85 Å². The number of rotatable bonds is 7. The summed E-state index contributed by atoms with van der Waals surface area (Å²) in [4.78, 5) is 14.7. The van der Waals surface area contributed by atoms with Crippen LogP contribution in [-0.2, 0) is 16.0 Å². The van der Waals surface area contributed by atoms with E-state index < -0.39 is 62.1 Å². The lowest BCUT2D eigenvalue weighted by Gasteiger charge is -2.20. The van der Waals surface area contributed by atoms with E-state index >= 15 is 0 Å². The highest BCUT2D eigenvalue weighted by Gasteiger charge is 2.47. The Bertz CT molecular complexity index is 1270. The fourth-order valence-corrected chi connectivity index (χ4v) is 3.46. The second kappa shape index (κ2) is 9.35. The third-order valence-corrected chi connectivity index (χ3v) is 6.06. The van der Waals surface area contributed by atoms with Gasteiger partial charge in [-0.1, -0.05) is 12.1 Å². The zero-order valence-corrected chi connectivity index (χ0v) is 18.0. The summed E-state index contributed by atoms with van der Waals surface area (Å²) in [5.41, 5.74) is -8.74. The number of alkyl halides is 6. The van der Waals surface area contributed by atoms with Crippen LogP contribution in [0.1, 0.15) is 34.8 Å². The summed E-state index contributed by atoms with van der Waals surface area (Å²) >= 11 is 0. The fraction of sp³-hybridized carbons (Fsp3) is 0.286. The number of ketones is 1. The van der Waals surface area contributed by atoms with Gasteiger partial charge in [0.15, 0.2) is 12.4 Å². The summed E-state index contributed by atoms with van der Waals surface area (Å²) in [6.45, 7) is 7.88. The number of benzene rings is 2. The number of carbonyl (C=O) groups excluding carboxylic acids is 1. The highest BCUT2D eigenvalue weighted by molar-refractivity contribution is 7.92. The lowest BCUT2D eigenvalue weighted by Crippen LogP contribution is -2.32. The van der Waals surface area contributed by atoms with Crippen molar-refractivity contribution >= 4 is 15.6 Å². The Hall–Kier alpha value is -3.58. The molecular weight excluding hydrogens is 490 g/mol. The number of halogens is 6. The second-order valence-electron chi connectivity index (χ2n) is 7.29. The Balaban J connectivity index is 2.23. The third-order valence-electron chi connectivity index (χ3n) is 4.56. The van der Waals surface area contributed by atoms with E-state index in [0.29, 0.717) is 18.2 Å². The first-order valence-electron chi connectivity index (χ1n) is 9.11. The largest absolute Gasteiger partial charge is 0.501 e. The molecule has 2 aromatic carbocycles. The van der Waals surface area contributed by atoms with Crippen molar-refractivity contribution in [2.24, 2.45) is 0 Å². The summed E-state index contributed by atoms with van der Waals surface area (Å²) in [5.74, 6) is -1.49. The van der Waals surface area contributed by atoms with Crippen LogP contribution in [0.2, 0.25) is 0 Å². The van der Waals surface area contributed by atoms with E-state index in [1.807, 2.05) is 0 Å². The molecule has 0 aliphatic rings. The van der Waals surface area contributed by atoms with Crippen molar-refractivity contribution in [2.45, 2.75) is 35.5 Å². The molecule has 13 heteroatoms. The molecule has 2 rings (SSSR count). The Kier molecular flexibility index (Phi) is 7.33. The number of hydrogen-bond acceptors (Lipinski definition) is 5. The minimum Gasteiger partial charge on any atom is -0.484 e. The highest BCUT2D eigenvalue weighted by Crippen LogP contribution is 2.37. The Morgan fingerprint density at radius 3 is 2.15 bits per heavy atom. The van der Waals surface area contributed by atoms with E-state index in [1.165, 1.54) is 6.92 Å². The summed E-state index contributed by atoms with van der Waals surface area (Å²) in [7, 11) is -5.61. The van der Waals surface area contributed by atoms with Crippen molar-refractivity contribution in [1.82, 2.24) is 0 Å². The molecule has 180 valence electrons. The molecular formula is C21H14F6N2O4S. The summed E-state index contributed by atoms with van der Waals surface area (Å²) < 4.78 is 106. The van der Waals surface area contributed by atoms with Gasteiger partial charge >= 0.3 is 11.7 Å². The first kappa shape index (κ1) is 26.7. The number of carbonyl (C=O) groups is 1. The van der Waals surface area contributed by atoms with Crippen LogP contribution in [-0.4, -0.2) is 31.9 Å². The molecule has 0 saturated heterocycles. The van der Waals surface area contributed by atoms with Gasteiger partial charge in [-0.25, -0.2) is 15.0 Å². The van der Waals surface area contributed by atoms with Gasteiger partial charge in [-0.05, 0) is 30.3 Å². The smallest absolute Gasteiger partial charge is 0.484 e. The van der Waals surface area contributed by atoms with E-state index in [1.54, 1.807) is 6.07 Å². The van der Waals surface area contributed by atoms with Gasteiger partial charge in [-0.2, -0.15) is 31.6 Å². The molecule has 0 N–H and O–H groups in total. The standard InChI is InChI=1S/C21H14F6N2O4S/c1-19(29-2,12-33-18-9-13(11-28)3-8-16(18)20(22,23)24)10-17(30)14-4-6-15(7-5-14)34(31,32)21(25,26)27/h3-9H,10,12H2,1H3/t19-/m1/s1. The van der Waals surface area contributed by atoms with Crippen molar-refractivity contribution < 1.29 is 44.3 Å². The van der Waals surface area contributed by atoms with E-state index in [2.05, 4.69) is 4.85 Å². The lowest BCUT2D eigenvalue weighted by molar-refractivity contribution is -0.139. The molecule has 0 bridgehead atoms. The van der Waals surface area contributed by atoms with Crippen molar-refractivity contribution in [3.63, 3.8) is 0 Å². The molecule has 34 heavy (non-hydrogen) atoms. The maximum absolute atomic E-state index is 13.2. The molecule has 0 saturated carbocycles. The van der Waals surface area contributed by atoms with Crippen molar-refractivity contribution in [3.05, 3.63) is 70.6 Å². The van der Waals surface area contributed by atoms with E-state index in [0.717, 1.165) is 24.3 Å². The van der Waals surface area contributed by atoms with Gasteiger partial charge in [0.05, 0.1) is 28.5 Å². The monoisotopic (exact) mass is 504 g/mol. The van der Waals surface area contributed by atoms with E-state index in [4.69, 9.17) is 16.6 Å². The van der Waals surface area contributed by atoms with Crippen LogP contribution in [0.4, 0.5) is 26.3 Å². The highest BCUT2D eigenvalue weighted by atomic mass is 32.2. The average Bonchev–Trinajstić information content (AvgIpc) is 2.76. The molecule has 1 atom stereocenters. The van der Waals surface area contributed by atoms with Crippen LogP contribution in [0.5, 0.6) is 5.75 Å². The quantitative estimate of drug-likeness (QED) is 0.294. The topological polar surface area (TPSA) is 88.6 Å². The minimum absolute atomic E-state index is 0.127. The van der Waals surface area contributed by atoms with Crippen LogP contribution < -0.4 is 4.74 Å². The predicted molar refractivity (Wildman–Crippen MR) is 105 cm³/mol. The van der Waals surface area contributed by atoms with Gasteiger partial charge in [-0.3, -0.25) is 4.79 Å². The van der Waals surface area contributed by atoms with Gasteiger partial charge in [0.1, 0.15) is 5.75 Å². The number of sulfone groups is 1. The molecule has 2 aromatic rings. The van der Waals surface area contributed by atoms with Crippen LogP contribution in [0, 0.1) is 17.9 Å². The first-order chi connectivity index (χ1) is 15.5. The molecule has 0 aliphatic heterocycles. The van der Waals surface area contributed by atoms with Gasteiger partial charge in [-0.15, -0.1) is 0 Å². The molecule has 0 aliphatic carbocycles. The second-order valence-corrected chi connectivity index (χ2v) is 9.23. The van der Waals surface area contributed by atoms with Gasteiger partial charge < -0.3 is 9.58 Å². The average molecular weight is 504 g/mol. The molecule has 0 heterocycles. The molecule has 0 aromatic heterocycles. The number of nitriles is 1. The number of Topliss-reactive ketones (excluding diaryl/α,β-unsaturated/α-hetero) is 1. The normalized spacial score (nSPS) is 13.9. The van der Waals surface area contributed by atoms with E-state index in [-0.39, 0.29) is 11.1 Å². The molecule has 6 nitrogen and oxygen atoms in total. The first-order valence-corrected chi connectivity index (χ1v) is 10.6. The van der Waals surface area contributed by atoms with Gasteiger partial charge in [0.25, 0.3) is 15.4 Å². The van der Waals surface area contributed by atoms with Gasteiger partial charge in [0, 0.05) is 12.5 Å². The SMILES string of the molecule is [C-]#[N+][C@@](C)(COc1cc(C#N)ccc1C(F)(F)F)CC(=O)c1ccc(S(=O)(=O)C(F)(F)F)cc1. The molecule has 0 spiro atoms. The zero-order chi connectivity index (χ0) is 25.9. The van der Waals surface area contributed by atoms with Crippen LogP contribution in [0.15, 0.2) is 47.4 Å². The molecule has 0 amide bonds. The van der Waals surface area contributed by atoms with Gasteiger partial charge in [0.2, 0.25) is 0 Å². The third kappa shape index (κ3) is 5.85. The predicted octanol–water partition coefficient (Wildman–Crippen LogP) is 5.20. The Labute approximate surface area is 190 Å². The molecule has 0 radical (unpaired) electrons. The molecule has 0 unspecified atom stereocenters. The summed E-state index contributed by atoms with van der Waals surface area (Å²) in [6, 6.07) is 6.94. The van der Waals surface area contributed by atoms with Crippen molar-refractivity contribution in [2.75, 3.05) is 6.61 Å². The van der Waals surface area contributed by atoms with E-state index in [9.17, 15) is 39.6 Å². The van der Waals surface area contributed by atoms with Crippen LogP contribution >= 0.6 is 0 Å². The van der Waals surface area contributed by atoms with Crippen molar-refractivity contribution in [1.29, 1.82) is 5.26 Å². The lowest BCUT2D eigenvalue weighted by atomic mass is 9.94. The van der Waals surface area contributed by atoms with Crippen LogP contribution in [0.3, 0.4) is 0 Å².